The Morgan fingerprint density at radius 3 is 3.00 bits per heavy atom. The minimum atomic E-state index is -0.266. The lowest BCUT2D eigenvalue weighted by molar-refractivity contribution is 0.257. The van der Waals surface area contributed by atoms with Gasteiger partial charge in [-0.25, -0.2) is 4.98 Å². The Labute approximate surface area is 106 Å². The van der Waals surface area contributed by atoms with Gasteiger partial charge in [0.1, 0.15) is 0 Å². The minimum absolute atomic E-state index is 0.235. The summed E-state index contributed by atoms with van der Waals surface area (Å²) in [5.41, 5.74) is -0.266. The molecule has 1 aromatic rings. The third kappa shape index (κ3) is 2.81. The number of anilines is 1. The van der Waals surface area contributed by atoms with Gasteiger partial charge >= 0.3 is 0 Å². The maximum Gasteiger partial charge on any atom is 0.295 e. The van der Waals surface area contributed by atoms with Crippen LogP contribution in [-0.4, -0.2) is 47.7 Å². The van der Waals surface area contributed by atoms with E-state index in [1.807, 2.05) is 0 Å². The van der Waals surface area contributed by atoms with Gasteiger partial charge in [0.2, 0.25) is 5.75 Å². The Hall–Kier alpha value is -1.56. The lowest BCUT2D eigenvalue weighted by Gasteiger charge is -2.24. The number of hydrogen-bond donors (Lipinski definition) is 2. The van der Waals surface area contributed by atoms with Crippen molar-refractivity contribution in [2.24, 2.45) is 0 Å². The average Bonchev–Trinajstić information content (AvgIpc) is 3.19. The number of likely N-dealkylation sites (N-methyl/N-ethyl adjacent to an activating group) is 1. The van der Waals surface area contributed by atoms with E-state index in [2.05, 4.69) is 34.2 Å². The second-order valence-corrected chi connectivity index (χ2v) is 4.74. The number of nitrogens with zero attached hydrogens (tertiary/aromatic N) is 2. The van der Waals surface area contributed by atoms with Crippen LogP contribution in [0.2, 0.25) is 0 Å². The van der Waals surface area contributed by atoms with Gasteiger partial charge in [-0.15, -0.1) is 0 Å². The van der Waals surface area contributed by atoms with E-state index in [9.17, 15) is 4.79 Å². The molecule has 1 saturated carbocycles. The molecule has 1 atom stereocenters. The Morgan fingerprint density at radius 1 is 1.67 bits per heavy atom. The van der Waals surface area contributed by atoms with Crippen LogP contribution < -0.4 is 15.6 Å². The molecule has 6 nitrogen and oxygen atoms in total. The van der Waals surface area contributed by atoms with E-state index < -0.39 is 0 Å². The predicted octanol–water partition coefficient (Wildman–Crippen LogP) is 0.673. The molecule has 1 aromatic heterocycles. The lowest BCUT2D eigenvalue weighted by Crippen LogP contribution is -2.36. The van der Waals surface area contributed by atoms with Gasteiger partial charge < -0.3 is 15.0 Å². The van der Waals surface area contributed by atoms with Gasteiger partial charge in [0, 0.05) is 18.6 Å². The largest absolute Gasteiger partial charge is 0.489 e. The Bertz CT molecular complexity index is 456. The quantitative estimate of drug-likeness (QED) is 0.779. The van der Waals surface area contributed by atoms with Crippen LogP contribution >= 0.6 is 0 Å². The third-order valence-electron chi connectivity index (χ3n) is 3.40. The number of methoxy groups -OCH3 is 1. The molecule has 0 aliphatic heterocycles. The van der Waals surface area contributed by atoms with Gasteiger partial charge in [0.25, 0.3) is 5.56 Å². The number of ether oxygens (including phenoxy) is 1. The molecule has 0 saturated heterocycles. The van der Waals surface area contributed by atoms with E-state index in [1.165, 1.54) is 26.3 Å². The normalized spacial score (nSPS) is 16.7. The molecule has 1 aliphatic rings. The molecule has 2 rings (SSSR count). The van der Waals surface area contributed by atoms with Crippen molar-refractivity contribution in [2.75, 3.05) is 26.0 Å². The number of rotatable bonds is 6. The van der Waals surface area contributed by atoms with Crippen molar-refractivity contribution in [1.82, 2.24) is 14.9 Å². The Kier molecular flexibility index (Phi) is 3.86. The maximum atomic E-state index is 11.5. The van der Waals surface area contributed by atoms with E-state index in [0.29, 0.717) is 11.9 Å². The topological polar surface area (TPSA) is 70.2 Å². The molecule has 1 heterocycles. The second-order valence-electron chi connectivity index (χ2n) is 4.74. The van der Waals surface area contributed by atoms with Gasteiger partial charge in [-0.1, -0.05) is 0 Å². The molecule has 1 unspecified atom stereocenters. The first-order chi connectivity index (χ1) is 8.63. The number of nitrogens with one attached hydrogen (secondary N) is 2. The van der Waals surface area contributed by atoms with Crippen LogP contribution in [0.5, 0.6) is 5.75 Å². The van der Waals surface area contributed by atoms with Crippen LogP contribution in [0.3, 0.4) is 0 Å². The molecule has 1 aliphatic carbocycles. The highest BCUT2D eigenvalue weighted by atomic mass is 16.5. The summed E-state index contributed by atoms with van der Waals surface area (Å²) in [6, 6.07) is 1.11. The predicted molar refractivity (Wildman–Crippen MR) is 70.1 cm³/mol. The minimum Gasteiger partial charge on any atom is -0.489 e. The first kappa shape index (κ1) is 12.9. The number of hydrogen-bond acceptors (Lipinski definition) is 5. The first-order valence-electron chi connectivity index (χ1n) is 6.21. The van der Waals surface area contributed by atoms with E-state index in [4.69, 9.17) is 4.74 Å². The van der Waals surface area contributed by atoms with Crippen molar-refractivity contribution in [3.63, 3.8) is 0 Å². The standard InChI is InChI=1S/C12H20N4O2/c1-8(16(2)9-4-5-9)6-13-11-10(18-3)12(17)15-7-14-11/h7-9H,4-6H2,1-3H3,(H2,13,14,15,17). The van der Waals surface area contributed by atoms with Crippen LogP contribution in [-0.2, 0) is 0 Å². The summed E-state index contributed by atoms with van der Waals surface area (Å²) in [5.74, 6) is 0.732. The van der Waals surface area contributed by atoms with E-state index in [-0.39, 0.29) is 11.3 Å². The van der Waals surface area contributed by atoms with Gasteiger partial charge in [-0.3, -0.25) is 9.69 Å². The molecule has 0 spiro atoms. The van der Waals surface area contributed by atoms with Crippen molar-refractivity contribution in [3.8, 4) is 5.75 Å². The van der Waals surface area contributed by atoms with Gasteiger partial charge in [-0.05, 0) is 26.8 Å². The van der Waals surface area contributed by atoms with Gasteiger partial charge in [0.15, 0.2) is 5.82 Å². The summed E-state index contributed by atoms with van der Waals surface area (Å²) in [6.07, 6.45) is 3.95. The fourth-order valence-electron chi connectivity index (χ4n) is 1.93. The van der Waals surface area contributed by atoms with E-state index in [0.717, 1.165) is 12.6 Å². The molecule has 18 heavy (non-hydrogen) atoms. The highest BCUT2D eigenvalue weighted by Gasteiger charge is 2.29. The van der Waals surface area contributed by atoms with Crippen molar-refractivity contribution in [1.29, 1.82) is 0 Å². The summed E-state index contributed by atoms with van der Waals surface area (Å²) in [5, 5.41) is 3.17. The molecule has 0 amide bonds. The smallest absolute Gasteiger partial charge is 0.295 e. The Balaban J connectivity index is 1.97. The zero-order valence-corrected chi connectivity index (χ0v) is 11.1. The number of H-pyrrole nitrogens is 1. The molecule has 0 aromatic carbocycles. The average molecular weight is 252 g/mol. The lowest BCUT2D eigenvalue weighted by atomic mass is 10.3. The third-order valence-corrected chi connectivity index (χ3v) is 3.40. The molecular weight excluding hydrogens is 232 g/mol. The second kappa shape index (κ2) is 5.39. The van der Waals surface area contributed by atoms with E-state index >= 15 is 0 Å². The molecular formula is C12H20N4O2. The fourth-order valence-corrected chi connectivity index (χ4v) is 1.93. The van der Waals surface area contributed by atoms with E-state index in [1.54, 1.807) is 0 Å². The summed E-state index contributed by atoms with van der Waals surface area (Å²) in [6.45, 7) is 2.89. The van der Waals surface area contributed by atoms with Crippen molar-refractivity contribution in [3.05, 3.63) is 16.7 Å². The molecule has 6 heteroatoms. The molecule has 1 fully saturated rings. The summed E-state index contributed by atoms with van der Waals surface area (Å²) in [4.78, 5) is 20.4. The molecule has 0 bridgehead atoms. The summed E-state index contributed by atoms with van der Waals surface area (Å²) < 4.78 is 5.05. The van der Waals surface area contributed by atoms with Crippen molar-refractivity contribution in [2.45, 2.75) is 31.8 Å². The zero-order chi connectivity index (χ0) is 13.1. The SMILES string of the molecule is COc1c(NCC(C)N(C)C2CC2)nc[nH]c1=O. The van der Waals surface area contributed by atoms with Crippen molar-refractivity contribution >= 4 is 5.82 Å². The zero-order valence-electron chi connectivity index (χ0n) is 11.1. The summed E-state index contributed by atoms with van der Waals surface area (Å²) >= 11 is 0. The fraction of sp³-hybridized carbons (Fsp3) is 0.667. The van der Waals surface area contributed by atoms with Crippen LogP contribution in [0.4, 0.5) is 5.82 Å². The highest BCUT2D eigenvalue weighted by molar-refractivity contribution is 5.47. The van der Waals surface area contributed by atoms with Crippen molar-refractivity contribution < 1.29 is 4.74 Å². The maximum absolute atomic E-state index is 11.5. The van der Waals surface area contributed by atoms with Crippen LogP contribution in [0.15, 0.2) is 11.1 Å². The molecule has 0 radical (unpaired) electrons. The molecule has 100 valence electrons. The van der Waals surface area contributed by atoms with Gasteiger partial charge in [0.05, 0.1) is 13.4 Å². The molecule has 2 N–H and O–H groups in total. The Morgan fingerprint density at radius 2 is 2.39 bits per heavy atom. The first-order valence-corrected chi connectivity index (χ1v) is 6.21. The van der Waals surface area contributed by atoms with Crippen LogP contribution in [0, 0.1) is 0 Å². The van der Waals surface area contributed by atoms with Gasteiger partial charge in [-0.2, -0.15) is 0 Å². The van der Waals surface area contributed by atoms with Crippen LogP contribution in [0.25, 0.3) is 0 Å². The number of aromatic nitrogens is 2. The monoisotopic (exact) mass is 252 g/mol. The van der Waals surface area contributed by atoms with Crippen LogP contribution in [0.1, 0.15) is 19.8 Å². The number of aromatic amines is 1. The highest BCUT2D eigenvalue weighted by Crippen LogP contribution is 2.27. The summed E-state index contributed by atoms with van der Waals surface area (Å²) in [7, 11) is 3.60.